The molecule has 1 heterocycles. The Morgan fingerprint density at radius 2 is 1.08 bits per heavy atom. The number of carboxylic acids is 3. The molecule has 2 aromatic carbocycles. The molecule has 1 fully saturated rings. The van der Waals surface area contributed by atoms with Gasteiger partial charge < -0.3 is 73.4 Å². The van der Waals surface area contributed by atoms with Gasteiger partial charge in [-0.25, -0.2) is 4.79 Å². The number of phenolic OH excluding ortho intramolecular Hbond substituents is 1. The number of nitrogens with zero attached hydrogens (tertiary/aromatic N) is 1. The molecular formula is C53H77N9O16S. The number of rotatable bonds is 33. The molecule has 79 heavy (non-hydrogen) atoms. The number of amides is 8. The van der Waals surface area contributed by atoms with Crippen LogP contribution in [0.3, 0.4) is 0 Å². The number of likely N-dealkylation sites (tertiary alicyclic amines) is 1. The van der Waals surface area contributed by atoms with Gasteiger partial charge in [0.1, 0.15) is 60.1 Å². The molecule has 0 radical (unpaired) electrons. The van der Waals surface area contributed by atoms with Gasteiger partial charge in [-0.2, -0.15) is 11.8 Å². The zero-order valence-electron chi connectivity index (χ0n) is 45.3. The molecular weight excluding hydrogens is 1050 g/mol. The Balaban J connectivity index is 1.85. The zero-order chi connectivity index (χ0) is 59.1. The number of aliphatic carboxylic acids is 3. The van der Waals surface area contributed by atoms with Crippen molar-refractivity contribution in [2.75, 3.05) is 18.6 Å². The second-order valence-corrected chi connectivity index (χ2v) is 21.2. The Bertz CT molecular complexity index is 2430. The summed E-state index contributed by atoms with van der Waals surface area (Å²) in [5, 5.41) is 66.6. The first-order chi connectivity index (χ1) is 37.2. The van der Waals surface area contributed by atoms with Crippen LogP contribution in [0.25, 0.3) is 0 Å². The molecule has 0 aliphatic carbocycles. The van der Waals surface area contributed by atoms with Gasteiger partial charge in [-0.15, -0.1) is 0 Å². The number of carbonyl (C=O) groups excluding carboxylic acids is 8. The molecule has 1 aliphatic heterocycles. The van der Waals surface area contributed by atoms with E-state index in [2.05, 4.69) is 37.2 Å². The number of aliphatic hydroxyl groups is 1. The standard InChI is InChI=1S/C53H77N9O16S/c1-28(2)25-37(58-51(75)44(29(3)4)61-49(73)40-13-10-23-62(40)52(76)38(59-50(74)43(54)30(5)63)26-32-14-16-33(64)17-15-32)48(72)56-35(19-21-42(67)68)45(69)55-34(18-20-41(65)66)46(70)57-36(22-24-79-6)47(71)60-39(53(77)78)27-31-11-8-7-9-12-31/h7-9,11-12,14-17,28-30,34-40,43-44,63-64H,10,13,18-27,54H2,1-6H3,(H,55,69)(H,56,72)(H,57,70)(H,58,75)(H,59,74)(H,60,71)(H,61,73)(H,65,66)(H,67,68)(H,77,78)/t30-,34+,35+,36+,37+,38+,39+,40+,43+,44+/m1/s1. The number of aromatic hydroxyl groups is 1. The van der Waals surface area contributed by atoms with Gasteiger partial charge in [0.15, 0.2) is 0 Å². The second-order valence-electron chi connectivity index (χ2n) is 20.2. The highest BCUT2D eigenvalue weighted by molar-refractivity contribution is 7.98. The molecule has 1 aliphatic rings. The average molecular weight is 1130 g/mol. The van der Waals surface area contributed by atoms with E-state index in [9.17, 15) is 78.3 Å². The average Bonchev–Trinajstić information content (AvgIpc) is 3.89. The van der Waals surface area contributed by atoms with Crippen LogP contribution >= 0.6 is 11.8 Å². The highest BCUT2D eigenvalue weighted by Crippen LogP contribution is 2.22. The third-order valence-corrected chi connectivity index (χ3v) is 13.6. The fraction of sp³-hybridized carbons (Fsp3) is 0.566. The van der Waals surface area contributed by atoms with Gasteiger partial charge in [0.05, 0.1) is 6.10 Å². The molecule has 8 amide bonds. The molecule has 1 saturated heterocycles. The van der Waals surface area contributed by atoms with Crippen LogP contribution in [0.4, 0.5) is 0 Å². The maximum absolute atomic E-state index is 14.2. The van der Waals surface area contributed by atoms with E-state index in [-0.39, 0.29) is 50.3 Å². The molecule has 25 nitrogen and oxygen atoms in total. The van der Waals surface area contributed by atoms with E-state index in [0.29, 0.717) is 23.3 Å². The van der Waals surface area contributed by atoms with E-state index in [1.165, 1.54) is 35.7 Å². The highest BCUT2D eigenvalue weighted by atomic mass is 32.2. The highest BCUT2D eigenvalue weighted by Gasteiger charge is 2.41. The fourth-order valence-electron chi connectivity index (χ4n) is 8.52. The summed E-state index contributed by atoms with van der Waals surface area (Å²) in [6, 6.07) is 1.69. The lowest BCUT2D eigenvalue weighted by atomic mass is 9.98. The van der Waals surface area contributed by atoms with Crippen molar-refractivity contribution in [2.24, 2.45) is 17.6 Å². The minimum absolute atomic E-state index is 0.0111. The third-order valence-electron chi connectivity index (χ3n) is 12.9. The summed E-state index contributed by atoms with van der Waals surface area (Å²) in [5.74, 6) is -11.8. The lowest BCUT2D eigenvalue weighted by Gasteiger charge is -2.32. The van der Waals surface area contributed by atoms with Gasteiger partial charge in [0, 0.05) is 32.2 Å². The van der Waals surface area contributed by atoms with Crippen molar-refractivity contribution < 1.29 is 78.3 Å². The Morgan fingerprint density at radius 3 is 1.56 bits per heavy atom. The number of phenols is 1. The van der Waals surface area contributed by atoms with Gasteiger partial charge in [-0.3, -0.25) is 47.9 Å². The zero-order valence-corrected chi connectivity index (χ0v) is 46.1. The van der Waals surface area contributed by atoms with Crippen molar-refractivity contribution in [2.45, 2.75) is 159 Å². The third kappa shape index (κ3) is 22.2. The minimum Gasteiger partial charge on any atom is -0.508 e. The number of thioether (sulfide) groups is 1. The maximum Gasteiger partial charge on any atom is 0.326 e. The van der Waals surface area contributed by atoms with Crippen LogP contribution in [0.2, 0.25) is 0 Å². The van der Waals surface area contributed by atoms with Crippen LogP contribution in [0.15, 0.2) is 54.6 Å². The Labute approximate surface area is 462 Å². The van der Waals surface area contributed by atoms with Gasteiger partial charge >= 0.3 is 17.9 Å². The molecule has 0 saturated carbocycles. The number of hydrogen-bond acceptors (Lipinski definition) is 15. The van der Waals surface area contributed by atoms with Crippen molar-refractivity contribution in [3.8, 4) is 5.75 Å². The molecule has 2 aromatic rings. The molecule has 3 rings (SSSR count). The van der Waals surface area contributed by atoms with Crippen molar-refractivity contribution >= 4 is 76.9 Å². The van der Waals surface area contributed by atoms with Crippen molar-refractivity contribution in [1.29, 1.82) is 0 Å². The molecule has 10 atom stereocenters. The van der Waals surface area contributed by atoms with Crippen molar-refractivity contribution in [3.63, 3.8) is 0 Å². The second kappa shape index (κ2) is 32.5. The number of aliphatic hydroxyl groups excluding tert-OH is 1. The fourth-order valence-corrected chi connectivity index (χ4v) is 9.00. The first kappa shape index (κ1) is 66.0. The van der Waals surface area contributed by atoms with Gasteiger partial charge in [0.25, 0.3) is 0 Å². The lowest BCUT2D eigenvalue weighted by Crippen LogP contribution is -2.61. The monoisotopic (exact) mass is 1130 g/mol. The van der Waals surface area contributed by atoms with E-state index in [0.717, 1.165) is 0 Å². The minimum atomic E-state index is -1.70. The van der Waals surface area contributed by atoms with E-state index in [1.54, 1.807) is 76.4 Å². The lowest BCUT2D eigenvalue weighted by molar-refractivity contribution is -0.143. The Morgan fingerprint density at radius 1 is 0.608 bits per heavy atom. The largest absolute Gasteiger partial charge is 0.508 e. The molecule has 26 heteroatoms. The van der Waals surface area contributed by atoms with Crippen LogP contribution in [-0.2, 0) is 65.6 Å². The molecule has 0 bridgehead atoms. The Hall–Kier alpha value is -7.32. The number of carbonyl (C=O) groups is 11. The summed E-state index contributed by atoms with van der Waals surface area (Å²) in [6.07, 6.45) is -1.66. The molecule has 14 N–H and O–H groups in total. The van der Waals surface area contributed by atoms with E-state index < -0.39 is 157 Å². The van der Waals surface area contributed by atoms with Gasteiger partial charge in [-0.05, 0) is 92.6 Å². The SMILES string of the molecule is CSCC[C@H](NC(=O)[C@H](CCC(=O)O)NC(=O)[C@H](CCC(=O)O)NC(=O)[C@H](CC(C)C)NC(=O)[C@@H](NC(=O)[C@@H]1CCCN1C(=O)[C@H](Cc1ccc(O)cc1)NC(=O)[C@@H](N)[C@@H](C)O)C(C)C)C(=O)N[C@@H](Cc1ccccc1)C(=O)O. The summed E-state index contributed by atoms with van der Waals surface area (Å²) < 4.78 is 0. The molecule has 0 aromatic heterocycles. The number of carboxylic acid groups (broad SMARTS) is 3. The summed E-state index contributed by atoms with van der Waals surface area (Å²) in [5.41, 5.74) is 7.02. The smallest absolute Gasteiger partial charge is 0.326 e. The van der Waals surface area contributed by atoms with E-state index in [4.69, 9.17) is 5.73 Å². The summed E-state index contributed by atoms with van der Waals surface area (Å²) >= 11 is 1.31. The number of nitrogens with two attached hydrogens (primary N) is 1. The van der Waals surface area contributed by atoms with Gasteiger partial charge in [0.2, 0.25) is 47.3 Å². The number of hydrogen-bond donors (Lipinski definition) is 13. The van der Waals surface area contributed by atoms with Crippen LogP contribution in [0, 0.1) is 11.8 Å². The molecule has 0 unspecified atom stereocenters. The number of nitrogens with one attached hydrogen (secondary N) is 7. The van der Waals surface area contributed by atoms with Gasteiger partial charge in [-0.1, -0.05) is 70.2 Å². The maximum atomic E-state index is 14.2. The van der Waals surface area contributed by atoms with Crippen molar-refractivity contribution in [3.05, 3.63) is 65.7 Å². The summed E-state index contributed by atoms with van der Waals surface area (Å²) in [4.78, 5) is 148. The predicted octanol–water partition coefficient (Wildman–Crippen LogP) is -0.461. The normalized spacial score (nSPS) is 16.6. The van der Waals surface area contributed by atoms with Crippen LogP contribution in [-0.4, -0.2) is 175 Å². The van der Waals surface area contributed by atoms with Crippen LogP contribution < -0.4 is 43.0 Å². The number of benzene rings is 2. The Kier molecular flexibility index (Phi) is 27.2. The molecule has 436 valence electrons. The van der Waals surface area contributed by atoms with E-state index >= 15 is 0 Å². The quantitative estimate of drug-likeness (QED) is 0.0430. The van der Waals surface area contributed by atoms with E-state index in [1.807, 2.05) is 0 Å². The van der Waals surface area contributed by atoms with Crippen LogP contribution in [0.1, 0.15) is 97.1 Å². The van der Waals surface area contributed by atoms with Crippen LogP contribution in [0.5, 0.6) is 5.75 Å². The first-order valence-electron chi connectivity index (χ1n) is 26.1. The summed E-state index contributed by atoms with van der Waals surface area (Å²) in [7, 11) is 0. The summed E-state index contributed by atoms with van der Waals surface area (Å²) in [6.45, 7) is 8.10. The van der Waals surface area contributed by atoms with Crippen molar-refractivity contribution in [1.82, 2.24) is 42.1 Å². The predicted molar refractivity (Wildman–Crippen MR) is 289 cm³/mol. The molecule has 0 spiro atoms. The first-order valence-corrected chi connectivity index (χ1v) is 27.5. The topological polar surface area (TPSA) is 402 Å².